The molecule has 0 unspecified atom stereocenters. The van der Waals surface area contributed by atoms with Gasteiger partial charge in [0.15, 0.2) is 0 Å². The van der Waals surface area contributed by atoms with E-state index in [0.29, 0.717) is 18.0 Å². The van der Waals surface area contributed by atoms with Gasteiger partial charge in [0.1, 0.15) is 23.1 Å². The van der Waals surface area contributed by atoms with E-state index in [1.807, 2.05) is 43.3 Å². The predicted molar refractivity (Wildman–Crippen MR) is 108 cm³/mol. The summed E-state index contributed by atoms with van der Waals surface area (Å²) in [6.45, 7) is 2.51. The highest BCUT2D eigenvalue weighted by Crippen LogP contribution is 2.19. The summed E-state index contributed by atoms with van der Waals surface area (Å²) >= 11 is 6.01. The smallest absolute Gasteiger partial charge is 0.287 e. The zero-order valence-corrected chi connectivity index (χ0v) is 15.8. The van der Waals surface area contributed by atoms with Crippen molar-refractivity contribution in [3.63, 3.8) is 0 Å². The maximum Gasteiger partial charge on any atom is 0.287 e. The molecule has 0 bridgehead atoms. The van der Waals surface area contributed by atoms with E-state index in [0.717, 1.165) is 15.8 Å². The van der Waals surface area contributed by atoms with E-state index >= 15 is 0 Å². The molecule has 0 aliphatic heterocycles. The Labute approximate surface area is 162 Å². The summed E-state index contributed by atoms with van der Waals surface area (Å²) in [5, 5.41) is 8.09. The Hall–Kier alpha value is -3.12. The molecule has 0 aliphatic carbocycles. The van der Waals surface area contributed by atoms with Gasteiger partial charge in [0.2, 0.25) is 0 Å². The monoisotopic (exact) mass is 382 g/mol. The molecule has 0 spiro atoms. The van der Waals surface area contributed by atoms with Crippen molar-refractivity contribution in [1.29, 1.82) is 0 Å². The van der Waals surface area contributed by atoms with Gasteiger partial charge in [-0.3, -0.25) is 10.2 Å². The lowest BCUT2D eigenvalue weighted by Gasteiger charge is -2.09. The molecule has 0 radical (unpaired) electrons. The third kappa shape index (κ3) is 4.74. The number of hydrogen-bond acceptors (Lipinski definition) is 5. The fourth-order valence-corrected chi connectivity index (χ4v) is 2.54. The molecule has 7 heteroatoms. The van der Waals surface area contributed by atoms with Crippen molar-refractivity contribution < 1.29 is 4.74 Å². The summed E-state index contributed by atoms with van der Waals surface area (Å²) in [5.41, 5.74) is 5.79. The molecule has 3 aromatic rings. The Balaban J connectivity index is 1.70. The Morgan fingerprint density at radius 2 is 1.96 bits per heavy atom. The molecule has 3 rings (SSSR count). The number of nitrogens with zero attached hydrogens (tertiary/aromatic N) is 3. The number of ether oxygens (including phenoxy) is 1. The molecule has 1 heterocycles. The first-order valence-electron chi connectivity index (χ1n) is 8.33. The van der Waals surface area contributed by atoms with Crippen LogP contribution in [0.2, 0.25) is 5.02 Å². The molecule has 1 aromatic heterocycles. The fraction of sp³-hybridized carbons (Fsp3) is 0.150. The second-order valence-electron chi connectivity index (χ2n) is 5.98. The molecule has 2 aromatic carbocycles. The van der Waals surface area contributed by atoms with Gasteiger partial charge in [-0.15, -0.1) is 0 Å². The molecular formula is C20H19ClN4O2. The van der Waals surface area contributed by atoms with Crippen molar-refractivity contribution in [2.45, 2.75) is 13.5 Å². The largest absolute Gasteiger partial charge is 0.488 e. The highest BCUT2D eigenvalue weighted by atomic mass is 35.5. The number of aryl methyl sites for hydroxylation is 2. The summed E-state index contributed by atoms with van der Waals surface area (Å²) in [7, 11) is 1.53. The van der Waals surface area contributed by atoms with Gasteiger partial charge in [-0.25, -0.2) is 4.68 Å². The molecule has 6 nitrogen and oxygen atoms in total. The molecule has 0 amide bonds. The van der Waals surface area contributed by atoms with Gasteiger partial charge in [-0.05, 0) is 24.6 Å². The molecule has 1 N–H and O–H groups in total. The van der Waals surface area contributed by atoms with Crippen LogP contribution < -0.4 is 15.7 Å². The highest BCUT2D eigenvalue weighted by molar-refractivity contribution is 6.32. The first-order chi connectivity index (χ1) is 13.0. The van der Waals surface area contributed by atoms with Gasteiger partial charge >= 0.3 is 0 Å². The van der Waals surface area contributed by atoms with Crippen molar-refractivity contribution in [2.75, 3.05) is 5.43 Å². The van der Waals surface area contributed by atoms with E-state index in [2.05, 4.69) is 27.8 Å². The minimum Gasteiger partial charge on any atom is -0.488 e. The summed E-state index contributed by atoms with van der Waals surface area (Å²) < 4.78 is 7.07. The number of nitrogens with one attached hydrogen (secondary N) is 1. The predicted octanol–water partition coefficient (Wildman–Crippen LogP) is 3.77. The maximum atomic E-state index is 11.8. The second-order valence-corrected chi connectivity index (χ2v) is 6.36. The van der Waals surface area contributed by atoms with Crippen LogP contribution in [0.15, 0.2) is 64.6 Å². The number of hydrogen-bond donors (Lipinski definition) is 1. The average Bonchev–Trinajstić information content (AvgIpc) is 2.68. The van der Waals surface area contributed by atoms with Gasteiger partial charge in [0, 0.05) is 12.6 Å². The van der Waals surface area contributed by atoms with Crippen molar-refractivity contribution in [3.05, 3.63) is 86.8 Å². The first-order valence-corrected chi connectivity index (χ1v) is 8.70. The normalized spacial score (nSPS) is 10.9. The fourth-order valence-electron chi connectivity index (χ4n) is 2.32. The van der Waals surface area contributed by atoms with Crippen molar-refractivity contribution in [2.24, 2.45) is 12.1 Å². The minimum absolute atomic E-state index is 0.0357. The second kappa shape index (κ2) is 8.51. The average molecular weight is 383 g/mol. The van der Waals surface area contributed by atoms with Crippen molar-refractivity contribution in [1.82, 2.24) is 9.78 Å². The Bertz CT molecular complexity index is 1010. The van der Waals surface area contributed by atoms with Crippen LogP contribution in [0.5, 0.6) is 5.75 Å². The molecule has 0 aliphatic rings. The zero-order valence-electron chi connectivity index (χ0n) is 15.0. The standard InChI is InChI=1S/C20H19ClN4O2/c1-14-7-9-15(10-8-14)13-27-18-6-4-3-5-16(18)11-22-24-17-12-23-25(2)20(26)19(17)21/h3-12,24H,13H2,1-2H3/b22-11-. The lowest BCUT2D eigenvalue weighted by molar-refractivity contribution is 0.306. The third-order valence-corrected chi connectivity index (χ3v) is 4.27. The number of rotatable bonds is 6. The highest BCUT2D eigenvalue weighted by Gasteiger charge is 2.06. The Morgan fingerprint density at radius 1 is 1.22 bits per heavy atom. The number of anilines is 1. The zero-order chi connectivity index (χ0) is 19.2. The topological polar surface area (TPSA) is 68.5 Å². The van der Waals surface area contributed by atoms with E-state index < -0.39 is 5.56 Å². The summed E-state index contributed by atoms with van der Waals surface area (Å²) in [6, 6.07) is 15.7. The van der Waals surface area contributed by atoms with Gasteiger partial charge in [0.25, 0.3) is 5.56 Å². The first kappa shape index (κ1) is 18.7. The summed E-state index contributed by atoms with van der Waals surface area (Å²) in [5.74, 6) is 0.705. The van der Waals surface area contributed by atoms with E-state index in [4.69, 9.17) is 16.3 Å². The minimum atomic E-state index is -0.390. The van der Waals surface area contributed by atoms with E-state index in [1.54, 1.807) is 6.21 Å². The Kier molecular flexibility index (Phi) is 5.88. The number of para-hydroxylation sites is 1. The van der Waals surface area contributed by atoms with Gasteiger partial charge in [-0.1, -0.05) is 53.6 Å². The SMILES string of the molecule is Cc1ccc(COc2ccccc2/C=N\Nc2cnn(C)c(=O)c2Cl)cc1. The summed E-state index contributed by atoms with van der Waals surface area (Å²) in [6.07, 6.45) is 3.05. The van der Waals surface area contributed by atoms with Crippen LogP contribution in [0.25, 0.3) is 0 Å². The summed E-state index contributed by atoms with van der Waals surface area (Å²) in [4.78, 5) is 11.8. The van der Waals surface area contributed by atoms with Crippen molar-refractivity contribution >= 4 is 23.5 Å². The molecular weight excluding hydrogens is 364 g/mol. The van der Waals surface area contributed by atoms with E-state index in [-0.39, 0.29) is 5.02 Å². The van der Waals surface area contributed by atoms with Gasteiger partial charge in [-0.2, -0.15) is 10.2 Å². The van der Waals surface area contributed by atoms with Crippen LogP contribution in [0.1, 0.15) is 16.7 Å². The number of hydrazone groups is 1. The van der Waals surface area contributed by atoms with Crippen LogP contribution in [0, 0.1) is 6.92 Å². The van der Waals surface area contributed by atoms with E-state index in [9.17, 15) is 4.79 Å². The van der Waals surface area contributed by atoms with Crippen LogP contribution >= 0.6 is 11.6 Å². The third-order valence-electron chi connectivity index (χ3n) is 3.90. The number of aromatic nitrogens is 2. The van der Waals surface area contributed by atoms with Crippen LogP contribution in [0.3, 0.4) is 0 Å². The van der Waals surface area contributed by atoms with Crippen LogP contribution in [-0.2, 0) is 13.7 Å². The number of halogens is 1. The van der Waals surface area contributed by atoms with Crippen LogP contribution in [-0.4, -0.2) is 16.0 Å². The Morgan fingerprint density at radius 3 is 2.74 bits per heavy atom. The lowest BCUT2D eigenvalue weighted by Crippen LogP contribution is -2.20. The lowest BCUT2D eigenvalue weighted by atomic mass is 10.1. The number of benzene rings is 2. The molecule has 138 valence electrons. The molecule has 27 heavy (non-hydrogen) atoms. The quantitative estimate of drug-likeness (QED) is 0.520. The van der Waals surface area contributed by atoms with Crippen LogP contribution in [0.4, 0.5) is 5.69 Å². The van der Waals surface area contributed by atoms with E-state index in [1.165, 1.54) is 18.8 Å². The van der Waals surface area contributed by atoms with Gasteiger partial charge < -0.3 is 4.74 Å². The van der Waals surface area contributed by atoms with Crippen molar-refractivity contribution in [3.8, 4) is 5.75 Å². The van der Waals surface area contributed by atoms with Gasteiger partial charge in [0.05, 0.1) is 12.4 Å². The maximum absolute atomic E-state index is 11.8. The molecule has 0 fully saturated rings. The molecule has 0 atom stereocenters. The molecule has 0 saturated carbocycles. The molecule has 0 saturated heterocycles.